The van der Waals surface area contributed by atoms with Crippen LogP contribution in [-0.2, 0) is 16.4 Å². The van der Waals surface area contributed by atoms with Crippen LogP contribution in [0.25, 0.3) is 0 Å². The van der Waals surface area contributed by atoms with Gasteiger partial charge in [-0.15, -0.1) is 0 Å². The molecule has 0 amide bonds. The molecule has 2 rings (SSSR count). The zero-order valence-corrected chi connectivity index (χ0v) is 17.2. The van der Waals surface area contributed by atoms with Crippen molar-refractivity contribution in [1.82, 2.24) is 10.2 Å². The number of benzene rings is 2. The summed E-state index contributed by atoms with van der Waals surface area (Å²) >= 11 is 0. The maximum Gasteiger partial charge on any atom is 0.193 e. The summed E-state index contributed by atoms with van der Waals surface area (Å²) in [7, 11) is -0.229. The molecule has 0 aromatic heterocycles. The van der Waals surface area contributed by atoms with E-state index < -0.39 is 15.7 Å². The molecular formula is C20H26FN3O3S. The molecule has 2 aromatic carbocycles. The van der Waals surface area contributed by atoms with E-state index in [0.29, 0.717) is 19.1 Å². The van der Waals surface area contributed by atoms with E-state index in [-0.39, 0.29) is 17.2 Å². The average molecular weight is 408 g/mol. The molecule has 0 heterocycles. The molecule has 0 bridgehead atoms. The predicted molar refractivity (Wildman–Crippen MR) is 109 cm³/mol. The number of ether oxygens (including phenoxy) is 1. The topological polar surface area (TPSA) is 71.0 Å². The maximum atomic E-state index is 13.7. The molecule has 0 aliphatic heterocycles. The van der Waals surface area contributed by atoms with Gasteiger partial charge in [0.2, 0.25) is 0 Å². The lowest BCUT2D eigenvalue weighted by Crippen LogP contribution is -2.40. The number of hydrogen-bond donors (Lipinski definition) is 1. The first-order valence-electron chi connectivity index (χ1n) is 8.98. The van der Waals surface area contributed by atoms with Crippen LogP contribution in [0.1, 0.15) is 12.5 Å². The minimum Gasteiger partial charge on any atom is -0.494 e. The highest BCUT2D eigenvalue weighted by Gasteiger charge is 2.18. The number of nitrogens with one attached hydrogen (secondary N) is 1. The van der Waals surface area contributed by atoms with Crippen molar-refractivity contribution in [1.29, 1.82) is 0 Å². The molecule has 0 saturated carbocycles. The van der Waals surface area contributed by atoms with Gasteiger partial charge in [-0.2, -0.15) is 0 Å². The number of hydrogen-bond acceptors (Lipinski definition) is 4. The van der Waals surface area contributed by atoms with Crippen LogP contribution >= 0.6 is 0 Å². The first-order chi connectivity index (χ1) is 13.4. The molecule has 0 unspecified atom stereocenters. The number of nitrogens with zero attached hydrogens (tertiary/aromatic N) is 2. The Kier molecular flexibility index (Phi) is 7.80. The van der Waals surface area contributed by atoms with Crippen molar-refractivity contribution in [3.05, 3.63) is 59.9 Å². The monoisotopic (exact) mass is 407 g/mol. The molecule has 0 aliphatic carbocycles. The van der Waals surface area contributed by atoms with E-state index in [1.807, 2.05) is 43.1 Å². The molecular weight excluding hydrogens is 381 g/mol. The van der Waals surface area contributed by atoms with Crippen LogP contribution in [0.2, 0.25) is 0 Å². The van der Waals surface area contributed by atoms with Gasteiger partial charge in [0.15, 0.2) is 15.8 Å². The van der Waals surface area contributed by atoms with Crippen LogP contribution in [0.4, 0.5) is 4.39 Å². The molecule has 6 nitrogen and oxygen atoms in total. The van der Waals surface area contributed by atoms with Crippen LogP contribution in [0, 0.1) is 5.82 Å². The largest absolute Gasteiger partial charge is 0.494 e. The van der Waals surface area contributed by atoms with E-state index in [2.05, 4.69) is 10.3 Å². The van der Waals surface area contributed by atoms with Crippen molar-refractivity contribution in [2.45, 2.75) is 18.4 Å². The van der Waals surface area contributed by atoms with Gasteiger partial charge in [-0.1, -0.05) is 24.3 Å². The molecule has 8 heteroatoms. The second kappa shape index (κ2) is 10.1. The zero-order chi connectivity index (χ0) is 20.6. The summed E-state index contributed by atoms with van der Waals surface area (Å²) in [5, 5.41) is 3.02. The zero-order valence-electron chi connectivity index (χ0n) is 16.4. The van der Waals surface area contributed by atoms with Crippen LogP contribution in [0.15, 0.2) is 58.4 Å². The molecule has 0 atom stereocenters. The number of aliphatic imine (C=N–C) groups is 1. The van der Waals surface area contributed by atoms with Crippen molar-refractivity contribution < 1.29 is 17.5 Å². The number of guanidine groups is 1. The lowest BCUT2D eigenvalue weighted by molar-refractivity contribution is 0.340. The molecule has 0 saturated heterocycles. The standard InChI is InChI=1S/C20H26FN3O3S/c1-4-27-17-11-9-16(10-12-17)15-24(3)20(22-2)23-13-14-28(25,26)19-8-6-5-7-18(19)21/h5-12H,4,13-15H2,1-3H3,(H,22,23). The fourth-order valence-electron chi connectivity index (χ4n) is 2.70. The summed E-state index contributed by atoms with van der Waals surface area (Å²) < 4.78 is 43.8. The van der Waals surface area contributed by atoms with Gasteiger partial charge in [0.1, 0.15) is 16.5 Å². The maximum absolute atomic E-state index is 13.7. The smallest absolute Gasteiger partial charge is 0.193 e. The average Bonchev–Trinajstić information content (AvgIpc) is 2.67. The van der Waals surface area contributed by atoms with Gasteiger partial charge in [-0.05, 0) is 36.8 Å². The highest BCUT2D eigenvalue weighted by molar-refractivity contribution is 7.91. The Morgan fingerprint density at radius 3 is 2.46 bits per heavy atom. The van der Waals surface area contributed by atoms with Crippen LogP contribution in [0.3, 0.4) is 0 Å². The third-order valence-electron chi connectivity index (χ3n) is 4.05. The van der Waals surface area contributed by atoms with Gasteiger partial charge in [0.05, 0.1) is 12.4 Å². The third-order valence-corrected chi connectivity index (χ3v) is 5.80. The first kappa shape index (κ1) is 21.7. The Hall–Kier alpha value is -2.61. The SMILES string of the molecule is CCOc1ccc(CN(C)C(=NC)NCCS(=O)(=O)c2ccccc2F)cc1. The lowest BCUT2D eigenvalue weighted by Gasteiger charge is -2.22. The summed E-state index contributed by atoms with van der Waals surface area (Å²) in [5.74, 6) is 0.399. The number of sulfone groups is 1. The van der Waals surface area contributed by atoms with Crippen molar-refractivity contribution in [2.75, 3.05) is 33.0 Å². The molecule has 0 radical (unpaired) electrons. The van der Waals surface area contributed by atoms with Crippen molar-refractivity contribution >= 4 is 15.8 Å². The summed E-state index contributed by atoms with van der Waals surface area (Å²) in [4.78, 5) is 5.78. The van der Waals surface area contributed by atoms with Gasteiger partial charge in [0.25, 0.3) is 0 Å². The fourth-order valence-corrected chi connectivity index (χ4v) is 3.94. The molecule has 0 fully saturated rings. The fraction of sp³-hybridized carbons (Fsp3) is 0.350. The number of rotatable bonds is 8. The van der Waals surface area contributed by atoms with Gasteiger partial charge in [-0.25, -0.2) is 12.8 Å². The highest BCUT2D eigenvalue weighted by Crippen LogP contribution is 2.15. The summed E-state index contributed by atoms with van der Waals surface area (Å²) in [6, 6.07) is 13.1. The molecule has 0 spiro atoms. The van der Waals surface area contributed by atoms with Crippen LogP contribution in [0.5, 0.6) is 5.75 Å². The number of halogens is 1. The van der Waals surface area contributed by atoms with Crippen molar-refractivity contribution in [2.24, 2.45) is 4.99 Å². The second-order valence-electron chi connectivity index (χ2n) is 6.16. The lowest BCUT2D eigenvalue weighted by atomic mass is 10.2. The third kappa shape index (κ3) is 5.95. The van der Waals surface area contributed by atoms with Crippen LogP contribution in [-0.4, -0.2) is 52.3 Å². The Bertz CT molecular complexity index is 899. The van der Waals surface area contributed by atoms with E-state index in [0.717, 1.165) is 17.4 Å². The normalized spacial score (nSPS) is 11.9. The minimum absolute atomic E-state index is 0.122. The van der Waals surface area contributed by atoms with E-state index in [1.54, 1.807) is 7.05 Å². The van der Waals surface area contributed by atoms with Crippen LogP contribution < -0.4 is 10.1 Å². The van der Waals surface area contributed by atoms with Gasteiger partial charge >= 0.3 is 0 Å². The Morgan fingerprint density at radius 2 is 1.86 bits per heavy atom. The summed E-state index contributed by atoms with van der Waals surface area (Å²) in [6.45, 7) is 3.26. The second-order valence-corrected chi connectivity index (χ2v) is 8.23. The Labute approximate surface area is 166 Å². The van der Waals surface area contributed by atoms with Gasteiger partial charge < -0.3 is 15.0 Å². The molecule has 152 valence electrons. The Balaban J connectivity index is 1.92. The highest BCUT2D eigenvalue weighted by atomic mass is 32.2. The summed E-state index contributed by atoms with van der Waals surface area (Å²) in [5.41, 5.74) is 1.06. The Morgan fingerprint density at radius 1 is 1.18 bits per heavy atom. The van der Waals surface area contributed by atoms with Crippen molar-refractivity contribution in [3.8, 4) is 5.75 Å². The van der Waals surface area contributed by atoms with E-state index in [9.17, 15) is 12.8 Å². The predicted octanol–water partition coefficient (Wildman–Crippen LogP) is 2.71. The van der Waals surface area contributed by atoms with E-state index >= 15 is 0 Å². The molecule has 2 aromatic rings. The van der Waals surface area contributed by atoms with E-state index in [1.165, 1.54) is 18.2 Å². The summed E-state index contributed by atoms with van der Waals surface area (Å²) in [6.07, 6.45) is 0. The first-order valence-corrected chi connectivity index (χ1v) is 10.6. The van der Waals surface area contributed by atoms with E-state index in [4.69, 9.17) is 4.74 Å². The molecule has 1 N–H and O–H groups in total. The van der Waals surface area contributed by atoms with Gasteiger partial charge in [-0.3, -0.25) is 4.99 Å². The quantitative estimate of drug-likeness (QED) is 0.538. The molecule has 0 aliphatic rings. The molecule has 28 heavy (non-hydrogen) atoms. The minimum atomic E-state index is -3.71. The van der Waals surface area contributed by atoms with Gasteiger partial charge in [0, 0.05) is 27.2 Å². The van der Waals surface area contributed by atoms with Crippen molar-refractivity contribution in [3.63, 3.8) is 0 Å².